The molecule has 2 aliphatic rings. The van der Waals surface area contributed by atoms with Crippen LogP contribution in [0.5, 0.6) is 0 Å². The summed E-state index contributed by atoms with van der Waals surface area (Å²) in [5.41, 5.74) is 0. The van der Waals surface area contributed by atoms with Crippen molar-refractivity contribution >= 4 is 0 Å². The second-order valence-corrected chi connectivity index (χ2v) is 5.76. The number of nitrogens with zero attached hydrogens (tertiary/aromatic N) is 2. The molecule has 0 aliphatic carbocycles. The van der Waals surface area contributed by atoms with E-state index in [-0.39, 0.29) is 0 Å². The molecule has 3 unspecified atom stereocenters. The van der Waals surface area contributed by atoms with Crippen molar-refractivity contribution in [3.8, 4) is 0 Å². The number of hydrogen-bond acceptors (Lipinski definition) is 3. The third-order valence-corrected chi connectivity index (χ3v) is 4.52. The van der Waals surface area contributed by atoms with Crippen LogP contribution in [0, 0.1) is 0 Å². The molecule has 2 fully saturated rings. The zero-order valence-corrected chi connectivity index (χ0v) is 11.8. The summed E-state index contributed by atoms with van der Waals surface area (Å²) in [5, 5.41) is 3.62. The van der Waals surface area contributed by atoms with Gasteiger partial charge in [0.1, 0.15) is 0 Å². The van der Waals surface area contributed by atoms with Crippen molar-refractivity contribution in [1.29, 1.82) is 0 Å². The van der Waals surface area contributed by atoms with Crippen LogP contribution in [-0.2, 0) is 0 Å². The van der Waals surface area contributed by atoms with Crippen LogP contribution in [-0.4, -0.2) is 60.6 Å². The van der Waals surface area contributed by atoms with Crippen LogP contribution in [0.4, 0.5) is 0 Å². The van der Waals surface area contributed by atoms with Gasteiger partial charge in [0.2, 0.25) is 0 Å². The van der Waals surface area contributed by atoms with Gasteiger partial charge in [-0.15, -0.1) is 0 Å². The summed E-state index contributed by atoms with van der Waals surface area (Å²) < 4.78 is 0. The molecule has 0 radical (unpaired) electrons. The zero-order valence-electron chi connectivity index (χ0n) is 11.8. The Morgan fingerprint density at radius 3 is 2.76 bits per heavy atom. The van der Waals surface area contributed by atoms with Crippen molar-refractivity contribution < 1.29 is 0 Å². The van der Waals surface area contributed by atoms with Crippen molar-refractivity contribution in [3.63, 3.8) is 0 Å². The first kappa shape index (κ1) is 13.3. The molecule has 17 heavy (non-hydrogen) atoms. The lowest BCUT2D eigenvalue weighted by Gasteiger charge is -2.47. The van der Waals surface area contributed by atoms with E-state index >= 15 is 0 Å². The maximum absolute atomic E-state index is 3.62. The monoisotopic (exact) mass is 239 g/mol. The summed E-state index contributed by atoms with van der Waals surface area (Å²) >= 11 is 0. The van der Waals surface area contributed by atoms with Gasteiger partial charge >= 0.3 is 0 Å². The van der Waals surface area contributed by atoms with Crippen LogP contribution in [0.3, 0.4) is 0 Å². The van der Waals surface area contributed by atoms with Crippen LogP contribution in [0.25, 0.3) is 0 Å². The summed E-state index contributed by atoms with van der Waals surface area (Å²) in [4.78, 5) is 5.41. The molecule has 2 saturated heterocycles. The fourth-order valence-corrected chi connectivity index (χ4v) is 3.40. The average Bonchev–Trinajstić information content (AvgIpc) is 2.39. The molecule has 3 nitrogen and oxygen atoms in total. The van der Waals surface area contributed by atoms with Crippen molar-refractivity contribution in [3.05, 3.63) is 0 Å². The molecule has 0 bridgehead atoms. The first-order valence-electron chi connectivity index (χ1n) is 7.46. The highest BCUT2D eigenvalue weighted by atomic mass is 15.3. The molecule has 1 N–H and O–H groups in total. The van der Waals surface area contributed by atoms with Crippen LogP contribution < -0.4 is 5.32 Å². The highest BCUT2D eigenvalue weighted by Gasteiger charge is 2.32. The first-order valence-corrected chi connectivity index (χ1v) is 7.46. The SMILES string of the molecule is CCC1CNC(C)CN1C1CCCN(CC)C1. The quantitative estimate of drug-likeness (QED) is 0.806. The molecular weight excluding hydrogens is 210 g/mol. The topological polar surface area (TPSA) is 18.5 Å². The van der Waals surface area contributed by atoms with E-state index in [9.17, 15) is 0 Å². The number of likely N-dealkylation sites (tertiary alicyclic amines) is 1. The normalized spacial score (nSPS) is 37.2. The molecule has 0 spiro atoms. The molecular formula is C14H29N3. The number of nitrogens with one attached hydrogen (secondary N) is 1. The lowest BCUT2D eigenvalue weighted by Crippen LogP contribution is -2.61. The van der Waals surface area contributed by atoms with Crippen molar-refractivity contribution in [2.45, 2.75) is 58.2 Å². The lowest BCUT2D eigenvalue weighted by molar-refractivity contribution is 0.0377. The van der Waals surface area contributed by atoms with Crippen molar-refractivity contribution in [2.24, 2.45) is 0 Å². The molecule has 0 aromatic carbocycles. The Kier molecular flexibility index (Phi) is 4.83. The molecule has 100 valence electrons. The number of hydrogen-bond donors (Lipinski definition) is 1. The molecule has 3 atom stereocenters. The minimum atomic E-state index is 0.662. The average molecular weight is 239 g/mol. The van der Waals surface area contributed by atoms with Crippen molar-refractivity contribution in [2.75, 3.05) is 32.7 Å². The predicted octanol–water partition coefficient (Wildman–Crippen LogP) is 1.54. The van der Waals surface area contributed by atoms with E-state index in [0.29, 0.717) is 6.04 Å². The third-order valence-electron chi connectivity index (χ3n) is 4.52. The molecule has 0 aromatic heterocycles. The third kappa shape index (κ3) is 3.21. The Labute approximate surface area is 107 Å². The largest absolute Gasteiger partial charge is 0.311 e. The predicted molar refractivity (Wildman–Crippen MR) is 73.4 cm³/mol. The first-order chi connectivity index (χ1) is 8.24. The van der Waals surface area contributed by atoms with E-state index in [1.165, 1.54) is 52.0 Å². The molecule has 3 heteroatoms. The molecule has 2 rings (SSSR count). The fraction of sp³-hybridized carbons (Fsp3) is 1.00. The highest BCUT2D eigenvalue weighted by Crippen LogP contribution is 2.21. The van der Waals surface area contributed by atoms with Gasteiger partial charge in [0, 0.05) is 37.8 Å². The second kappa shape index (κ2) is 6.17. The van der Waals surface area contributed by atoms with Crippen LogP contribution in [0.15, 0.2) is 0 Å². The summed E-state index contributed by atoms with van der Waals surface area (Å²) in [5.74, 6) is 0. The number of piperidine rings is 1. The van der Waals surface area contributed by atoms with Gasteiger partial charge in [0.05, 0.1) is 0 Å². The Morgan fingerprint density at radius 2 is 2.06 bits per heavy atom. The Bertz CT molecular complexity index is 232. The Morgan fingerprint density at radius 1 is 1.24 bits per heavy atom. The lowest BCUT2D eigenvalue weighted by atomic mass is 9.98. The molecule has 0 amide bonds. The standard InChI is InChI=1S/C14H29N3/c1-4-13-9-15-12(3)10-17(13)14-7-6-8-16(5-2)11-14/h12-15H,4-11H2,1-3H3. The Balaban J connectivity index is 1.97. The summed E-state index contributed by atoms with van der Waals surface area (Å²) in [6.07, 6.45) is 4.06. The van der Waals surface area contributed by atoms with Crippen LogP contribution in [0.1, 0.15) is 40.0 Å². The molecule has 2 aliphatic heterocycles. The van der Waals surface area contributed by atoms with Gasteiger partial charge in [0.25, 0.3) is 0 Å². The molecule has 0 saturated carbocycles. The van der Waals surface area contributed by atoms with Gasteiger partial charge in [-0.3, -0.25) is 4.90 Å². The zero-order chi connectivity index (χ0) is 12.3. The van der Waals surface area contributed by atoms with Gasteiger partial charge < -0.3 is 10.2 Å². The van der Waals surface area contributed by atoms with E-state index in [4.69, 9.17) is 0 Å². The minimum Gasteiger partial charge on any atom is -0.311 e. The molecule has 0 aromatic rings. The van der Waals surface area contributed by atoms with Crippen LogP contribution >= 0.6 is 0 Å². The molecule has 2 heterocycles. The van der Waals surface area contributed by atoms with E-state index in [1.54, 1.807) is 0 Å². The van der Waals surface area contributed by atoms with E-state index in [1.807, 2.05) is 0 Å². The number of piperazine rings is 1. The smallest absolute Gasteiger partial charge is 0.0227 e. The van der Waals surface area contributed by atoms with Gasteiger partial charge in [-0.2, -0.15) is 0 Å². The highest BCUT2D eigenvalue weighted by molar-refractivity contribution is 4.90. The summed E-state index contributed by atoms with van der Waals surface area (Å²) in [6.45, 7) is 13.2. The Hall–Kier alpha value is -0.120. The van der Waals surface area contributed by atoms with Gasteiger partial charge in [-0.25, -0.2) is 0 Å². The van der Waals surface area contributed by atoms with E-state index < -0.39 is 0 Å². The van der Waals surface area contributed by atoms with Gasteiger partial charge in [-0.05, 0) is 39.3 Å². The van der Waals surface area contributed by atoms with Crippen molar-refractivity contribution in [1.82, 2.24) is 15.1 Å². The maximum atomic E-state index is 3.62. The minimum absolute atomic E-state index is 0.662. The van der Waals surface area contributed by atoms with E-state index in [0.717, 1.165) is 12.1 Å². The fourth-order valence-electron chi connectivity index (χ4n) is 3.40. The van der Waals surface area contributed by atoms with Crippen LogP contribution in [0.2, 0.25) is 0 Å². The maximum Gasteiger partial charge on any atom is 0.0227 e. The number of rotatable bonds is 3. The summed E-state index contributed by atoms with van der Waals surface area (Å²) in [7, 11) is 0. The van der Waals surface area contributed by atoms with E-state index in [2.05, 4.69) is 35.9 Å². The summed E-state index contributed by atoms with van der Waals surface area (Å²) in [6, 6.07) is 2.22. The number of likely N-dealkylation sites (N-methyl/N-ethyl adjacent to an activating group) is 1. The van der Waals surface area contributed by atoms with Gasteiger partial charge in [0.15, 0.2) is 0 Å². The second-order valence-electron chi connectivity index (χ2n) is 5.76. The van der Waals surface area contributed by atoms with Gasteiger partial charge in [-0.1, -0.05) is 13.8 Å².